The molecule has 0 aliphatic heterocycles. The van der Waals surface area contributed by atoms with Gasteiger partial charge in [-0.15, -0.1) is 0 Å². The molecule has 0 saturated carbocycles. The van der Waals surface area contributed by atoms with Gasteiger partial charge in [0.1, 0.15) is 0 Å². The highest BCUT2D eigenvalue weighted by Crippen LogP contribution is 2.12. The Labute approximate surface area is 234 Å². The van der Waals surface area contributed by atoms with Crippen molar-refractivity contribution in [3.05, 3.63) is 119 Å². The molecule has 0 spiro atoms. The first-order valence-corrected chi connectivity index (χ1v) is 13.7. The predicted molar refractivity (Wildman–Crippen MR) is 165 cm³/mol. The van der Waals surface area contributed by atoms with Gasteiger partial charge in [0.2, 0.25) is 0 Å². The van der Waals surface area contributed by atoms with E-state index in [-0.39, 0.29) is 14.1 Å². The van der Waals surface area contributed by atoms with Crippen LogP contribution in [0.3, 0.4) is 0 Å². The first-order valence-electron chi connectivity index (χ1n) is 13.7. The molecule has 5 nitrogen and oxygen atoms in total. The average Bonchev–Trinajstić information content (AvgIpc) is 2.96. The van der Waals surface area contributed by atoms with E-state index in [0.29, 0.717) is 26.4 Å². The number of rotatable bonds is 14. The summed E-state index contributed by atoms with van der Waals surface area (Å²) in [6.45, 7) is 10.5. The van der Waals surface area contributed by atoms with Crippen LogP contribution in [0.5, 0.6) is 0 Å². The van der Waals surface area contributed by atoms with Crippen LogP contribution in [0.4, 0.5) is 11.4 Å². The van der Waals surface area contributed by atoms with Crippen molar-refractivity contribution in [1.82, 2.24) is 0 Å². The molecule has 0 heterocycles. The van der Waals surface area contributed by atoms with Crippen molar-refractivity contribution < 1.29 is 14.0 Å². The molecule has 0 bridgehead atoms. The number of benzene rings is 4. The first-order chi connectivity index (χ1) is 19.0. The molecule has 200 valence electrons. The van der Waals surface area contributed by atoms with Crippen LogP contribution in [0.15, 0.2) is 97.1 Å². The van der Waals surface area contributed by atoms with Gasteiger partial charge in [-0.25, -0.2) is 0 Å². The maximum Gasteiger partial charge on any atom is 0.449 e. The minimum absolute atomic E-state index is 0.202. The number of nitrogens with one attached hydrogen (secondary N) is 2. The van der Waals surface area contributed by atoms with Crippen LogP contribution in [-0.4, -0.2) is 27.3 Å². The molecule has 0 radical (unpaired) electrons. The van der Waals surface area contributed by atoms with E-state index in [1.54, 1.807) is 0 Å². The quantitative estimate of drug-likeness (QED) is 0.209. The lowest BCUT2D eigenvalue weighted by Gasteiger charge is -2.17. The lowest BCUT2D eigenvalue weighted by molar-refractivity contribution is 0.107. The van der Waals surface area contributed by atoms with E-state index >= 15 is 0 Å². The van der Waals surface area contributed by atoms with Crippen LogP contribution in [0.1, 0.15) is 36.1 Å². The molecule has 4 aromatic rings. The van der Waals surface area contributed by atoms with E-state index in [0.717, 1.165) is 33.4 Å². The van der Waals surface area contributed by atoms with Gasteiger partial charge in [-0.2, -0.15) is 0 Å². The molecule has 2 N–H and O–H groups in total. The largest absolute Gasteiger partial charge is 0.449 e. The van der Waals surface area contributed by atoms with Gasteiger partial charge in [-0.1, -0.05) is 83.9 Å². The molecule has 0 aliphatic rings. The fourth-order valence-corrected chi connectivity index (χ4v) is 4.24. The van der Waals surface area contributed by atoms with Crippen molar-refractivity contribution in [2.75, 3.05) is 23.7 Å². The summed E-state index contributed by atoms with van der Waals surface area (Å²) in [4.78, 5) is 0. The van der Waals surface area contributed by atoms with E-state index in [1.807, 2.05) is 13.8 Å². The standard InChI is InChI=1S/C32H38B2N2O3/c1-5-38-33(35-31-19-7-25(3)8-20-31)29-15-11-27(12-16-29)23-37-24-28-13-17-30(18-14-28)34(39-6-2)36-32-21-9-26(4)10-22-32/h7-22,35-36H,5-6,23-24H2,1-4H3. The zero-order valence-corrected chi connectivity index (χ0v) is 23.4. The monoisotopic (exact) mass is 520 g/mol. The van der Waals surface area contributed by atoms with Crippen LogP contribution < -0.4 is 21.4 Å². The number of hydrogen-bond donors (Lipinski definition) is 2. The van der Waals surface area contributed by atoms with Crippen LogP contribution >= 0.6 is 0 Å². The second-order valence-electron chi connectivity index (χ2n) is 9.67. The van der Waals surface area contributed by atoms with Gasteiger partial charge in [0.25, 0.3) is 0 Å². The van der Waals surface area contributed by atoms with Crippen molar-refractivity contribution in [2.45, 2.75) is 40.9 Å². The summed E-state index contributed by atoms with van der Waals surface area (Å²) < 4.78 is 18.0. The smallest absolute Gasteiger partial charge is 0.413 e. The van der Waals surface area contributed by atoms with Crippen molar-refractivity contribution in [3.8, 4) is 0 Å². The molecule has 4 aromatic carbocycles. The molecule has 0 amide bonds. The Morgan fingerprint density at radius 2 is 0.872 bits per heavy atom. The summed E-state index contributed by atoms with van der Waals surface area (Å²) in [6, 6.07) is 33.5. The third-order valence-electron chi connectivity index (χ3n) is 6.47. The minimum atomic E-state index is -0.202. The van der Waals surface area contributed by atoms with Gasteiger partial charge >= 0.3 is 14.1 Å². The van der Waals surface area contributed by atoms with Crippen molar-refractivity contribution >= 4 is 36.4 Å². The van der Waals surface area contributed by atoms with E-state index in [4.69, 9.17) is 14.0 Å². The zero-order valence-electron chi connectivity index (χ0n) is 23.4. The molecule has 0 unspecified atom stereocenters. The van der Waals surface area contributed by atoms with Gasteiger partial charge < -0.3 is 24.5 Å². The maximum atomic E-state index is 6.02. The van der Waals surface area contributed by atoms with E-state index in [9.17, 15) is 0 Å². The van der Waals surface area contributed by atoms with Crippen LogP contribution in [0.25, 0.3) is 0 Å². The van der Waals surface area contributed by atoms with Gasteiger partial charge in [0, 0.05) is 24.6 Å². The lowest BCUT2D eigenvalue weighted by atomic mass is 9.73. The highest BCUT2D eigenvalue weighted by atomic mass is 16.5. The Hall–Kier alpha value is -3.51. The highest BCUT2D eigenvalue weighted by molar-refractivity contribution is 6.71. The minimum Gasteiger partial charge on any atom is -0.413 e. The lowest BCUT2D eigenvalue weighted by Crippen LogP contribution is -2.41. The summed E-state index contributed by atoms with van der Waals surface area (Å²) in [5.74, 6) is 0. The summed E-state index contributed by atoms with van der Waals surface area (Å²) >= 11 is 0. The Morgan fingerprint density at radius 1 is 0.513 bits per heavy atom. The molecular formula is C32H38B2N2O3. The Kier molecular flexibility index (Phi) is 10.7. The Balaban J connectivity index is 1.29. The Morgan fingerprint density at radius 3 is 1.21 bits per heavy atom. The van der Waals surface area contributed by atoms with Gasteiger partial charge in [0.05, 0.1) is 13.2 Å². The van der Waals surface area contributed by atoms with Gasteiger partial charge in [0.15, 0.2) is 0 Å². The normalized spacial score (nSPS) is 10.8. The molecule has 0 saturated heterocycles. The first kappa shape index (κ1) is 28.5. The second-order valence-corrected chi connectivity index (χ2v) is 9.67. The predicted octanol–water partition coefficient (Wildman–Crippen LogP) is 5.71. The third kappa shape index (κ3) is 8.75. The number of anilines is 2. The molecule has 7 heteroatoms. The van der Waals surface area contributed by atoms with Crippen LogP contribution in [-0.2, 0) is 27.3 Å². The Bertz CT molecular complexity index is 1160. The topological polar surface area (TPSA) is 51.8 Å². The van der Waals surface area contributed by atoms with Gasteiger partial charge in [-0.3, -0.25) is 0 Å². The molecule has 0 atom stereocenters. The molecule has 39 heavy (non-hydrogen) atoms. The molecule has 0 aromatic heterocycles. The molecule has 0 fully saturated rings. The molecular weight excluding hydrogens is 482 g/mol. The van der Waals surface area contributed by atoms with Crippen molar-refractivity contribution in [1.29, 1.82) is 0 Å². The summed E-state index contributed by atoms with van der Waals surface area (Å²) in [6.07, 6.45) is 0. The highest BCUT2D eigenvalue weighted by Gasteiger charge is 2.20. The summed E-state index contributed by atoms with van der Waals surface area (Å²) in [5, 5.41) is 6.95. The number of aryl methyl sites for hydroxylation is 2. The number of ether oxygens (including phenoxy) is 1. The fourth-order valence-electron chi connectivity index (χ4n) is 4.24. The number of hydrogen-bond acceptors (Lipinski definition) is 5. The van der Waals surface area contributed by atoms with Crippen LogP contribution in [0, 0.1) is 13.8 Å². The van der Waals surface area contributed by atoms with E-state index in [2.05, 4.69) is 121 Å². The third-order valence-corrected chi connectivity index (χ3v) is 6.47. The zero-order chi connectivity index (χ0) is 27.5. The molecule has 4 rings (SSSR count). The van der Waals surface area contributed by atoms with Crippen LogP contribution in [0.2, 0.25) is 0 Å². The average molecular weight is 520 g/mol. The second kappa shape index (κ2) is 14.6. The summed E-state index contributed by atoms with van der Waals surface area (Å²) in [5.41, 5.74) is 8.96. The van der Waals surface area contributed by atoms with Crippen molar-refractivity contribution in [3.63, 3.8) is 0 Å². The van der Waals surface area contributed by atoms with Gasteiger partial charge in [-0.05, 0) is 74.0 Å². The van der Waals surface area contributed by atoms with E-state index in [1.165, 1.54) is 11.1 Å². The van der Waals surface area contributed by atoms with Crippen molar-refractivity contribution in [2.24, 2.45) is 0 Å². The van der Waals surface area contributed by atoms with E-state index < -0.39 is 0 Å². The fraction of sp³-hybridized carbons (Fsp3) is 0.250. The molecule has 0 aliphatic carbocycles. The maximum absolute atomic E-state index is 6.02. The summed E-state index contributed by atoms with van der Waals surface area (Å²) in [7, 11) is -0.403. The SMILES string of the molecule is CCOB(Nc1ccc(C)cc1)c1ccc(COCc2ccc(B(Nc3ccc(C)cc3)OCC)cc2)cc1.